The maximum Gasteiger partial charge on any atom is 0.107 e. The highest BCUT2D eigenvalue weighted by Crippen LogP contribution is 2.36. The summed E-state index contributed by atoms with van der Waals surface area (Å²) < 4.78 is 1.12. The molecule has 3 nitrogen and oxygen atoms in total. The summed E-state index contributed by atoms with van der Waals surface area (Å²) in [6.45, 7) is 1.10. The van der Waals surface area contributed by atoms with Gasteiger partial charge in [-0.15, -0.1) is 0 Å². The zero-order valence-electron chi connectivity index (χ0n) is 11.4. The molecule has 4 heteroatoms. The van der Waals surface area contributed by atoms with Crippen molar-refractivity contribution in [2.24, 2.45) is 0 Å². The Bertz CT molecular complexity index is 641. The van der Waals surface area contributed by atoms with Crippen LogP contribution in [0.4, 0.5) is 0 Å². The summed E-state index contributed by atoms with van der Waals surface area (Å²) in [5, 5.41) is 11.3. The average molecular weight is 332 g/mol. The molecule has 2 aromatic rings. The third kappa shape index (κ3) is 2.02. The first-order valence-electron chi connectivity index (χ1n) is 7.42. The van der Waals surface area contributed by atoms with Crippen molar-refractivity contribution in [3.8, 4) is 11.3 Å². The Hall–Kier alpha value is -1.13. The third-order valence-corrected chi connectivity index (χ3v) is 5.32. The normalized spacial score (nSPS) is 21.4. The summed E-state index contributed by atoms with van der Waals surface area (Å²) in [4.78, 5) is 0. The minimum Gasteiger partial charge on any atom is -0.309 e. The molecule has 1 unspecified atom stereocenters. The molecule has 2 heterocycles. The van der Waals surface area contributed by atoms with E-state index in [0.29, 0.717) is 6.04 Å². The molecule has 0 radical (unpaired) electrons. The van der Waals surface area contributed by atoms with Crippen LogP contribution in [0.25, 0.3) is 11.3 Å². The van der Waals surface area contributed by atoms with Crippen LogP contribution in [0.1, 0.15) is 42.1 Å². The summed E-state index contributed by atoms with van der Waals surface area (Å²) >= 11 is 3.74. The number of aryl methyl sites for hydroxylation is 2. The first-order valence-corrected chi connectivity index (χ1v) is 8.21. The summed E-state index contributed by atoms with van der Waals surface area (Å²) in [6, 6.07) is 7.21. The first-order chi connectivity index (χ1) is 9.83. The predicted molar refractivity (Wildman–Crippen MR) is 83.7 cm³/mol. The molecule has 1 aromatic heterocycles. The molecule has 4 rings (SSSR count). The molecule has 0 amide bonds. The molecule has 0 saturated carbocycles. The number of fused-ring (bicyclic) bond motifs is 1. The fourth-order valence-corrected chi connectivity index (χ4v) is 4.10. The molecule has 104 valence electrons. The molecule has 1 aliphatic heterocycles. The van der Waals surface area contributed by atoms with Gasteiger partial charge in [-0.1, -0.05) is 12.1 Å². The van der Waals surface area contributed by atoms with Crippen LogP contribution in [0.5, 0.6) is 0 Å². The van der Waals surface area contributed by atoms with Gasteiger partial charge in [-0.3, -0.25) is 5.10 Å². The van der Waals surface area contributed by atoms with Gasteiger partial charge >= 0.3 is 0 Å². The lowest BCUT2D eigenvalue weighted by molar-refractivity contribution is 0.623. The largest absolute Gasteiger partial charge is 0.309 e. The average Bonchev–Trinajstić information content (AvgIpc) is 3.17. The molecule has 0 spiro atoms. The topological polar surface area (TPSA) is 40.7 Å². The molecule has 2 N–H and O–H groups in total. The first kappa shape index (κ1) is 12.6. The Kier molecular flexibility index (Phi) is 3.15. The van der Waals surface area contributed by atoms with Crippen molar-refractivity contribution in [2.75, 3.05) is 6.54 Å². The minimum absolute atomic E-state index is 0.417. The number of hydrogen-bond donors (Lipinski definition) is 2. The van der Waals surface area contributed by atoms with Crippen LogP contribution in [0.15, 0.2) is 22.7 Å². The van der Waals surface area contributed by atoms with Crippen molar-refractivity contribution < 1.29 is 0 Å². The van der Waals surface area contributed by atoms with Gasteiger partial charge in [-0.25, -0.2) is 0 Å². The maximum absolute atomic E-state index is 4.54. The van der Waals surface area contributed by atoms with E-state index in [9.17, 15) is 0 Å². The lowest BCUT2D eigenvalue weighted by atomic mass is 10.0. The number of hydrogen-bond acceptors (Lipinski definition) is 2. The smallest absolute Gasteiger partial charge is 0.107 e. The molecule has 1 aromatic carbocycles. The third-order valence-electron chi connectivity index (χ3n) is 4.51. The quantitative estimate of drug-likeness (QED) is 0.879. The second-order valence-corrected chi connectivity index (χ2v) is 6.58. The molecular formula is C16H18BrN3. The van der Waals surface area contributed by atoms with Gasteiger partial charge in [0, 0.05) is 5.56 Å². The van der Waals surface area contributed by atoms with E-state index in [1.165, 1.54) is 54.5 Å². The molecule has 2 aliphatic rings. The van der Waals surface area contributed by atoms with Crippen molar-refractivity contribution in [2.45, 2.75) is 38.1 Å². The molecular weight excluding hydrogens is 314 g/mol. The number of aromatic nitrogens is 2. The van der Waals surface area contributed by atoms with E-state index in [2.05, 4.69) is 49.6 Å². The molecule has 1 atom stereocenters. The second kappa shape index (κ2) is 5.01. The van der Waals surface area contributed by atoms with E-state index < -0.39 is 0 Å². The summed E-state index contributed by atoms with van der Waals surface area (Å²) in [5.41, 5.74) is 6.47. The highest BCUT2D eigenvalue weighted by molar-refractivity contribution is 9.10. The minimum atomic E-state index is 0.417. The number of benzene rings is 1. The van der Waals surface area contributed by atoms with Crippen LogP contribution in [-0.2, 0) is 12.8 Å². The van der Waals surface area contributed by atoms with Crippen molar-refractivity contribution in [1.29, 1.82) is 0 Å². The number of aromatic amines is 1. The predicted octanol–water partition coefficient (Wildman–Crippen LogP) is 3.75. The Labute approximate surface area is 127 Å². The van der Waals surface area contributed by atoms with E-state index in [1.807, 2.05) is 0 Å². The molecule has 1 saturated heterocycles. The summed E-state index contributed by atoms with van der Waals surface area (Å²) in [6.07, 6.45) is 6.16. The van der Waals surface area contributed by atoms with Gasteiger partial charge in [0.25, 0.3) is 0 Å². The van der Waals surface area contributed by atoms with Gasteiger partial charge in [-0.2, -0.15) is 5.10 Å². The number of halogens is 1. The van der Waals surface area contributed by atoms with Crippen LogP contribution < -0.4 is 5.32 Å². The van der Waals surface area contributed by atoms with Crippen molar-refractivity contribution in [3.05, 3.63) is 39.5 Å². The van der Waals surface area contributed by atoms with Gasteiger partial charge in [0.15, 0.2) is 0 Å². The van der Waals surface area contributed by atoms with Crippen molar-refractivity contribution in [1.82, 2.24) is 15.5 Å². The van der Waals surface area contributed by atoms with Crippen LogP contribution >= 0.6 is 15.9 Å². The van der Waals surface area contributed by atoms with Gasteiger partial charge in [0.1, 0.15) is 5.69 Å². The maximum atomic E-state index is 4.54. The van der Waals surface area contributed by atoms with Gasteiger partial charge in [-0.05, 0) is 71.8 Å². The van der Waals surface area contributed by atoms with Gasteiger partial charge < -0.3 is 5.32 Å². The van der Waals surface area contributed by atoms with Crippen LogP contribution in [0.3, 0.4) is 0 Å². The monoisotopic (exact) mass is 331 g/mol. The zero-order chi connectivity index (χ0) is 13.5. The Morgan fingerprint density at radius 3 is 2.90 bits per heavy atom. The van der Waals surface area contributed by atoms with Gasteiger partial charge in [0.05, 0.1) is 16.2 Å². The lowest BCUT2D eigenvalue weighted by Crippen LogP contribution is -2.13. The van der Waals surface area contributed by atoms with Crippen LogP contribution in [-0.4, -0.2) is 16.7 Å². The Balaban J connectivity index is 1.72. The lowest BCUT2D eigenvalue weighted by Gasteiger charge is -2.08. The van der Waals surface area contributed by atoms with E-state index in [-0.39, 0.29) is 0 Å². The Morgan fingerprint density at radius 1 is 1.15 bits per heavy atom. The highest BCUT2D eigenvalue weighted by atomic mass is 79.9. The zero-order valence-corrected chi connectivity index (χ0v) is 13.0. The van der Waals surface area contributed by atoms with E-state index >= 15 is 0 Å². The highest BCUT2D eigenvalue weighted by Gasteiger charge is 2.23. The van der Waals surface area contributed by atoms with E-state index in [0.717, 1.165) is 16.7 Å². The van der Waals surface area contributed by atoms with Crippen LogP contribution in [0, 0.1) is 0 Å². The molecule has 20 heavy (non-hydrogen) atoms. The Morgan fingerprint density at radius 2 is 2.05 bits per heavy atom. The number of H-pyrrole nitrogens is 1. The van der Waals surface area contributed by atoms with Crippen LogP contribution in [0.2, 0.25) is 0 Å². The van der Waals surface area contributed by atoms with Crippen molar-refractivity contribution in [3.63, 3.8) is 0 Å². The molecule has 1 aliphatic carbocycles. The standard InChI is InChI=1S/C16H18BrN3/c17-14-15(19-20-16(14)13-5-2-8-18-13)12-7-6-10-3-1-4-11(10)9-12/h6-7,9,13,18H,1-5,8H2,(H,19,20). The molecule has 1 fully saturated rings. The SMILES string of the molecule is Brc1c(-c2ccc3c(c2)CCC3)n[nH]c1C1CCCN1. The number of nitrogens with one attached hydrogen (secondary N) is 2. The number of rotatable bonds is 2. The van der Waals surface area contributed by atoms with Crippen molar-refractivity contribution >= 4 is 15.9 Å². The fourth-order valence-electron chi connectivity index (χ4n) is 3.41. The number of nitrogens with zero attached hydrogens (tertiary/aromatic N) is 1. The van der Waals surface area contributed by atoms with Gasteiger partial charge in [0.2, 0.25) is 0 Å². The fraction of sp³-hybridized carbons (Fsp3) is 0.438. The van der Waals surface area contributed by atoms with E-state index in [1.54, 1.807) is 0 Å². The summed E-state index contributed by atoms with van der Waals surface area (Å²) in [5.74, 6) is 0. The second-order valence-electron chi connectivity index (χ2n) is 5.79. The molecule has 0 bridgehead atoms. The summed E-state index contributed by atoms with van der Waals surface area (Å²) in [7, 11) is 0. The van der Waals surface area contributed by atoms with E-state index in [4.69, 9.17) is 0 Å².